The van der Waals surface area contributed by atoms with Crippen LogP contribution in [0.15, 0.2) is 5.16 Å². The minimum atomic E-state index is -2.15. The lowest BCUT2D eigenvalue weighted by atomic mass is 10.1. The minimum absolute atomic E-state index is 0.000197. The molecule has 0 N–H and O–H groups in total. The Bertz CT molecular complexity index is 561. The van der Waals surface area contributed by atoms with E-state index in [1.807, 2.05) is 0 Å². The summed E-state index contributed by atoms with van der Waals surface area (Å²) in [4.78, 5) is 18.0. The Morgan fingerprint density at radius 2 is 1.56 bits per heavy atom. The average Bonchev–Trinajstić information content (AvgIpc) is 2.85. The summed E-state index contributed by atoms with van der Waals surface area (Å²) in [6, 6.07) is 0. The van der Waals surface area contributed by atoms with Crippen LogP contribution in [0.25, 0.3) is 0 Å². The highest BCUT2D eigenvalue weighted by molar-refractivity contribution is 6.74. The minimum Gasteiger partial charge on any atom is -0.461 e. The van der Waals surface area contributed by atoms with Crippen LogP contribution >= 0.6 is 0 Å². The lowest BCUT2D eigenvalue weighted by Gasteiger charge is -2.40. The molecule has 0 bridgehead atoms. The maximum Gasteiger partial charge on any atom is 0.358 e. The van der Waals surface area contributed by atoms with Crippen molar-refractivity contribution in [2.75, 3.05) is 13.2 Å². The van der Waals surface area contributed by atoms with Gasteiger partial charge in [-0.05, 0) is 43.2 Å². The fourth-order valence-electron chi connectivity index (χ4n) is 2.02. The van der Waals surface area contributed by atoms with Gasteiger partial charge in [0.25, 0.3) is 0 Å². The van der Waals surface area contributed by atoms with E-state index in [0.29, 0.717) is 6.61 Å². The first-order valence-corrected chi connectivity index (χ1v) is 15.6. The lowest BCUT2D eigenvalue weighted by Crippen LogP contribution is -2.52. The molecule has 0 fully saturated rings. The Balaban J connectivity index is 3.02. The van der Waals surface area contributed by atoms with Gasteiger partial charge in [0.05, 0.1) is 13.2 Å². The van der Waals surface area contributed by atoms with Gasteiger partial charge in [-0.25, -0.2) is 4.79 Å². The first kappa shape index (κ1) is 24.3. The smallest absolute Gasteiger partial charge is 0.358 e. The molecule has 158 valence electrons. The predicted molar refractivity (Wildman–Crippen MR) is 114 cm³/mol. The first-order chi connectivity index (χ1) is 12.0. The molecule has 0 aromatic rings. The van der Waals surface area contributed by atoms with Crippen molar-refractivity contribution in [1.82, 2.24) is 0 Å². The van der Waals surface area contributed by atoms with Crippen LogP contribution in [0, 0.1) is 0 Å². The van der Waals surface area contributed by atoms with Crippen LogP contribution in [-0.4, -0.2) is 53.7 Å². The predicted octanol–water partition coefficient (Wildman–Crippen LogP) is 4.72. The third-order valence-corrected chi connectivity index (χ3v) is 15.0. The molecule has 0 aliphatic carbocycles. The highest BCUT2D eigenvalue weighted by Gasteiger charge is 2.48. The van der Waals surface area contributed by atoms with Gasteiger partial charge in [0.15, 0.2) is 28.5 Å². The maximum absolute atomic E-state index is 12.4. The van der Waals surface area contributed by atoms with E-state index in [4.69, 9.17) is 18.4 Å². The number of hydrogen-bond donors (Lipinski definition) is 0. The highest BCUT2D eigenvalue weighted by Crippen LogP contribution is 2.40. The Labute approximate surface area is 167 Å². The zero-order chi connectivity index (χ0) is 21.3. The van der Waals surface area contributed by atoms with E-state index in [-0.39, 0.29) is 22.4 Å². The largest absolute Gasteiger partial charge is 0.461 e. The number of carbonyl (C=O) groups excluding carboxylic acids is 1. The Kier molecular flexibility index (Phi) is 7.52. The molecule has 1 aliphatic heterocycles. The van der Waals surface area contributed by atoms with E-state index in [1.54, 1.807) is 6.92 Å². The van der Waals surface area contributed by atoms with Crippen LogP contribution in [0.4, 0.5) is 0 Å². The van der Waals surface area contributed by atoms with Crippen molar-refractivity contribution >= 4 is 28.3 Å². The fourth-order valence-corrected chi connectivity index (χ4v) is 4.28. The molecule has 0 radical (unpaired) electrons. The molecule has 0 spiro atoms. The SMILES string of the molecule is CCOC(=O)C1=NO[C@@H](CO[Si](C)(C)C(C)(C)C)[C@@H]1O[Si](C)(C)C(C)(C)C. The zero-order valence-electron chi connectivity index (χ0n) is 19.1. The van der Waals surface area contributed by atoms with Gasteiger partial charge in [0, 0.05) is 0 Å². The fraction of sp³-hybridized carbons (Fsp3) is 0.895. The topological polar surface area (TPSA) is 66.4 Å². The molecule has 0 aromatic carbocycles. The summed E-state index contributed by atoms with van der Waals surface area (Å²) in [5.74, 6) is -0.476. The zero-order valence-corrected chi connectivity index (χ0v) is 21.1. The van der Waals surface area contributed by atoms with Crippen molar-refractivity contribution in [2.45, 2.75) is 96.9 Å². The summed E-state index contributed by atoms with van der Waals surface area (Å²) in [6.07, 6.45) is -0.998. The van der Waals surface area contributed by atoms with Gasteiger partial charge in [-0.3, -0.25) is 0 Å². The van der Waals surface area contributed by atoms with Crippen LogP contribution in [-0.2, 0) is 23.2 Å². The molecular weight excluding hydrogens is 378 g/mol. The summed E-state index contributed by atoms with van der Waals surface area (Å²) < 4.78 is 18.0. The van der Waals surface area contributed by atoms with Crippen molar-refractivity contribution in [3.05, 3.63) is 0 Å². The number of nitrogens with zero attached hydrogens (tertiary/aromatic N) is 1. The summed E-state index contributed by atoms with van der Waals surface area (Å²) in [7, 11) is -4.10. The van der Waals surface area contributed by atoms with Crippen molar-refractivity contribution in [1.29, 1.82) is 0 Å². The summed E-state index contributed by atoms with van der Waals surface area (Å²) >= 11 is 0. The van der Waals surface area contributed by atoms with E-state index >= 15 is 0 Å². The monoisotopic (exact) mass is 417 g/mol. The van der Waals surface area contributed by atoms with Crippen molar-refractivity contribution in [2.24, 2.45) is 5.16 Å². The molecule has 0 unspecified atom stereocenters. The van der Waals surface area contributed by atoms with E-state index in [9.17, 15) is 4.79 Å². The summed E-state index contributed by atoms with van der Waals surface area (Å²) in [6.45, 7) is 24.2. The van der Waals surface area contributed by atoms with Crippen molar-refractivity contribution in [3.63, 3.8) is 0 Å². The van der Waals surface area contributed by atoms with Gasteiger partial charge < -0.3 is 18.4 Å². The number of hydrogen-bond acceptors (Lipinski definition) is 6. The van der Waals surface area contributed by atoms with Crippen LogP contribution in [0.1, 0.15) is 48.5 Å². The summed E-state index contributed by atoms with van der Waals surface area (Å²) in [5.41, 5.74) is 0.213. The van der Waals surface area contributed by atoms with Gasteiger partial charge in [0.1, 0.15) is 6.10 Å². The second-order valence-electron chi connectivity index (χ2n) is 10.2. The average molecular weight is 418 g/mol. The molecule has 1 aliphatic rings. The van der Waals surface area contributed by atoms with Gasteiger partial charge in [-0.2, -0.15) is 0 Å². The van der Waals surface area contributed by atoms with E-state index < -0.39 is 34.8 Å². The van der Waals surface area contributed by atoms with Crippen LogP contribution in [0.5, 0.6) is 0 Å². The highest BCUT2D eigenvalue weighted by atomic mass is 28.4. The van der Waals surface area contributed by atoms with Crippen molar-refractivity contribution in [3.8, 4) is 0 Å². The molecule has 1 heterocycles. The quantitative estimate of drug-likeness (QED) is 0.443. The number of carbonyl (C=O) groups is 1. The van der Waals surface area contributed by atoms with E-state index in [2.05, 4.69) is 72.9 Å². The van der Waals surface area contributed by atoms with E-state index in [0.717, 1.165) is 0 Å². The van der Waals surface area contributed by atoms with Crippen molar-refractivity contribution < 1.29 is 23.2 Å². The number of ether oxygens (including phenoxy) is 1. The molecule has 0 amide bonds. The first-order valence-electron chi connectivity index (χ1n) is 9.76. The normalized spacial score (nSPS) is 21.7. The molecule has 0 saturated carbocycles. The third kappa shape index (κ3) is 5.88. The third-order valence-electron chi connectivity index (χ3n) is 6.02. The van der Waals surface area contributed by atoms with Crippen LogP contribution < -0.4 is 0 Å². The number of oxime groups is 1. The van der Waals surface area contributed by atoms with E-state index in [1.165, 1.54) is 0 Å². The van der Waals surface area contributed by atoms with Crippen LogP contribution in [0.2, 0.25) is 36.3 Å². The molecule has 0 aromatic heterocycles. The Morgan fingerprint density at radius 3 is 2.00 bits per heavy atom. The second-order valence-corrected chi connectivity index (χ2v) is 19.8. The van der Waals surface area contributed by atoms with Crippen LogP contribution in [0.3, 0.4) is 0 Å². The number of esters is 1. The maximum atomic E-state index is 12.4. The molecule has 6 nitrogen and oxygen atoms in total. The van der Waals surface area contributed by atoms with Gasteiger partial charge in [-0.1, -0.05) is 46.7 Å². The van der Waals surface area contributed by atoms with Gasteiger partial charge in [-0.15, -0.1) is 0 Å². The second kappa shape index (κ2) is 8.35. The lowest BCUT2D eigenvalue weighted by molar-refractivity contribution is -0.135. The Hall–Kier alpha value is -0.706. The standard InChI is InChI=1S/C19H39NO5Si2/c1-12-22-17(21)15-16(25-27(10,11)19(5,6)7)14(24-20-15)13-23-26(8,9)18(2,3)4/h14,16H,12-13H2,1-11H3/t14-,16-/m0/s1. The Morgan fingerprint density at radius 1 is 1.04 bits per heavy atom. The molecule has 27 heavy (non-hydrogen) atoms. The number of rotatable bonds is 7. The summed E-state index contributed by atoms with van der Waals surface area (Å²) in [5, 5.41) is 4.11. The van der Waals surface area contributed by atoms with Gasteiger partial charge >= 0.3 is 5.97 Å². The molecule has 2 atom stereocenters. The van der Waals surface area contributed by atoms with Gasteiger partial charge in [0.2, 0.25) is 0 Å². The molecule has 1 rings (SSSR count). The molecular formula is C19H39NO5Si2. The molecule has 8 heteroatoms. The molecule has 0 saturated heterocycles.